The van der Waals surface area contributed by atoms with E-state index in [0.29, 0.717) is 13.1 Å². The minimum absolute atomic E-state index is 0.0591. The number of hydrogen-bond acceptors (Lipinski definition) is 6. The van der Waals surface area contributed by atoms with Crippen molar-refractivity contribution < 1.29 is 22.5 Å². The monoisotopic (exact) mass is 359 g/mol. The average Bonchev–Trinajstić information content (AvgIpc) is 3.06. The minimum Gasteiger partial charge on any atom is -0.351 e. The fourth-order valence-electron chi connectivity index (χ4n) is 1.76. The third-order valence-electron chi connectivity index (χ3n) is 3.26. The van der Waals surface area contributed by atoms with Gasteiger partial charge in [-0.3, -0.25) is 10.2 Å². The molecule has 0 fully saturated rings. The lowest BCUT2D eigenvalue weighted by Gasteiger charge is -2.17. The molecule has 1 aromatic rings. The van der Waals surface area contributed by atoms with Gasteiger partial charge >= 0.3 is 12.1 Å². The van der Waals surface area contributed by atoms with Crippen LogP contribution >= 0.6 is 0 Å². The Labute approximate surface area is 143 Å². The Morgan fingerprint density at radius 1 is 1.36 bits per heavy atom. The third-order valence-corrected chi connectivity index (χ3v) is 3.26. The molecule has 0 saturated heterocycles. The van der Waals surface area contributed by atoms with Gasteiger partial charge in [0.1, 0.15) is 5.71 Å². The van der Waals surface area contributed by atoms with Gasteiger partial charge in [0.05, 0.1) is 0 Å². The van der Waals surface area contributed by atoms with E-state index in [1.54, 1.807) is 0 Å². The van der Waals surface area contributed by atoms with Crippen molar-refractivity contribution in [2.24, 2.45) is 0 Å². The van der Waals surface area contributed by atoms with Crippen LogP contribution in [-0.4, -0.2) is 52.8 Å². The summed E-state index contributed by atoms with van der Waals surface area (Å²) in [4.78, 5) is 17.0. The zero-order chi connectivity index (χ0) is 19.0. The molecule has 1 aromatic heterocycles. The lowest BCUT2D eigenvalue weighted by atomic mass is 10.2. The molecule has 0 atom stereocenters. The van der Waals surface area contributed by atoms with Crippen molar-refractivity contribution in [3.63, 3.8) is 0 Å². The molecule has 0 aliphatic rings. The number of alkyl halides is 3. The topological polar surface area (TPSA) is 95.1 Å². The van der Waals surface area contributed by atoms with E-state index in [1.165, 1.54) is 6.08 Å². The molecule has 1 heterocycles. The maximum Gasteiger partial charge on any atom is 0.471 e. The standard InChI is InChI=1S/C15H20F3N5O2/c1-4-23(5-2)9-8-20-13(24)10(3)6-7-11(19)12-21-14(25-22-12)15(16,17)18/h6-7,19H,3-5,8-9H2,1-2H3,(H,20,24)/b7-6-,19-11?. The van der Waals surface area contributed by atoms with Gasteiger partial charge in [-0.25, -0.2) is 0 Å². The van der Waals surface area contributed by atoms with Crippen LogP contribution < -0.4 is 5.32 Å². The van der Waals surface area contributed by atoms with E-state index in [4.69, 9.17) is 5.41 Å². The molecule has 0 unspecified atom stereocenters. The highest BCUT2D eigenvalue weighted by atomic mass is 19.4. The number of carbonyl (C=O) groups excluding carboxylic acids is 1. The van der Waals surface area contributed by atoms with E-state index in [-0.39, 0.29) is 5.57 Å². The summed E-state index contributed by atoms with van der Waals surface area (Å²) in [6, 6.07) is 0. The second-order valence-electron chi connectivity index (χ2n) is 4.98. The fraction of sp³-hybridized carbons (Fsp3) is 0.467. The van der Waals surface area contributed by atoms with E-state index < -0.39 is 29.5 Å². The predicted octanol–water partition coefficient (Wildman–Crippen LogP) is 2.03. The molecule has 10 heteroatoms. The number of nitrogens with one attached hydrogen (secondary N) is 2. The van der Waals surface area contributed by atoms with E-state index in [1.807, 2.05) is 13.8 Å². The number of allylic oxidation sites excluding steroid dienone is 1. The number of likely N-dealkylation sites (N-methyl/N-ethyl adjacent to an activating group) is 1. The summed E-state index contributed by atoms with van der Waals surface area (Å²) in [5.74, 6) is -2.49. The zero-order valence-electron chi connectivity index (χ0n) is 14.0. The molecule has 1 rings (SSSR count). The van der Waals surface area contributed by atoms with Crippen LogP contribution in [0.2, 0.25) is 0 Å². The largest absolute Gasteiger partial charge is 0.471 e. The molecule has 25 heavy (non-hydrogen) atoms. The molecular formula is C15H20F3N5O2. The summed E-state index contributed by atoms with van der Waals surface area (Å²) in [5, 5.41) is 13.4. The Hall–Kier alpha value is -2.49. The van der Waals surface area contributed by atoms with E-state index in [2.05, 4.69) is 31.5 Å². The van der Waals surface area contributed by atoms with Crippen molar-refractivity contribution in [1.82, 2.24) is 20.4 Å². The summed E-state index contributed by atoms with van der Waals surface area (Å²) in [6.45, 7) is 10.4. The van der Waals surface area contributed by atoms with Crippen molar-refractivity contribution in [2.45, 2.75) is 20.0 Å². The van der Waals surface area contributed by atoms with Gasteiger partial charge in [0.2, 0.25) is 5.82 Å². The van der Waals surface area contributed by atoms with Crippen molar-refractivity contribution in [3.05, 3.63) is 36.0 Å². The molecule has 1 amide bonds. The molecule has 0 aliphatic carbocycles. The molecule has 0 saturated carbocycles. The van der Waals surface area contributed by atoms with Crippen LogP contribution in [0.25, 0.3) is 0 Å². The SMILES string of the molecule is C=C(/C=C\C(=N)c1noc(C(F)(F)F)n1)C(=O)NCCN(CC)CC. The summed E-state index contributed by atoms with van der Waals surface area (Å²) < 4.78 is 41.1. The second-order valence-corrected chi connectivity index (χ2v) is 4.98. The summed E-state index contributed by atoms with van der Waals surface area (Å²) >= 11 is 0. The van der Waals surface area contributed by atoms with Crippen molar-refractivity contribution >= 4 is 11.6 Å². The highest BCUT2D eigenvalue weighted by Crippen LogP contribution is 2.27. The highest BCUT2D eigenvalue weighted by molar-refractivity contribution is 6.05. The third kappa shape index (κ3) is 6.49. The lowest BCUT2D eigenvalue weighted by molar-refractivity contribution is -0.159. The quantitative estimate of drug-likeness (QED) is 0.400. The molecule has 0 aliphatic heterocycles. The van der Waals surface area contributed by atoms with Crippen LogP contribution in [0, 0.1) is 5.41 Å². The molecule has 0 radical (unpaired) electrons. The van der Waals surface area contributed by atoms with Gasteiger partial charge in [-0.1, -0.05) is 25.6 Å². The number of nitrogens with zero attached hydrogens (tertiary/aromatic N) is 3. The van der Waals surface area contributed by atoms with Gasteiger partial charge in [0.15, 0.2) is 0 Å². The first-order valence-electron chi connectivity index (χ1n) is 7.56. The summed E-state index contributed by atoms with van der Waals surface area (Å²) in [7, 11) is 0. The van der Waals surface area contributed by atoms with Crippen LogP contribution in [-0.2, 0) is 11.0 Å². The smallest absolute Gasteiger partial charge is 0.351 e. The number of amides is 1. The van der Waals surface area contributed by atoms with Crippen LogP contribution in [0.3, 0.4) is 0 Å². The number of carbonyl (C=O) groups is 1. The van der Waals surface area contributed by atoms with Gasteiger partial charge in [0, 0.05) is 18.7 Å². The maximum atomic E-state index is 12.4. The van der Waals surface area contributed by atoms with Crippen LogP contribution in [0.1, 0.15) is 25.6 Å². The first-order valence-corrected chi connectivity index (χ1v) is 7.56. The number of rotatable bonds is 9. The van der Waals surface area contributed by atoms with E-state index >= 15 is 0 Å². The molecule has 0 aromatic carbocycles. The Morgan fingerprint density at radius 3 is 2.52 bits per heavy atom. The zero-order valence-corrected chi connectivity index (χ0v) is 14.0. The van der Waals surface area contributed by atoms with Crippen molar-refractivity contribution in [3.8, 4) is 0 Å². The fourth-order valence-corrected chi connectivity index (χ4v) is 1.76. The van der Waals surface area contributed by atoms with E-state index in [0.717, 1.165) is 19.2 Å². The highest BCUT2D eigenvalue weighted by Gasteiger charge is 2.38. The molecule has 0 spiro atoms. The average molecular weight is 359 g/mol. The normalized spacial score (nSPS) is 11.9. The Balaban J connectivity index is 2.53. The van der Waals surface area contributed by atoms with Gasteiger partial charge in [-0.15, -0.1) is 0 Å². The van der Waals surface area contributed by atoms with Crippen molar-refractivity contribution in [2.75, 3.05) is 26.2 Å². The summed E-state index contributed by atoms with van der Waals surface area (Å²) in [5.41, 5.74) is -0.375. The summed E-state index contributed by atoms with van der Waals surface area (Å²) in [6.07, 6.45) is -2.49. The molecule has 0 bridgehead atoms. The Bertz CT molecular complexity index is 648. The molecule has 7 nitrogen and oxygen atoms in total. The maximum absolute atomic E-state index is 12.4. The molecule has 138 valence electrons. The van der Waals surface area contributed by atoms with Gasteiger partial charge in [-0.2, -0.15) is 18.2 Å². The second kappa shape index (κ2) is 9.11. The Morgan fingerprint density at radius 2 is 2.00 bits per heavy atom. The first-order chi connectivity index (χ1) is 11.7. The van der Waals surface area contributed by atoms with Crippen LogP contribution in [0.15, 0.2) is 28.8 Å². The predicted molar refractivity (Wildman–Crippen MR) is 85.2 cm³/mol. The van der Waals surface area contributed by atoms with Gasteiger partial charge in [-0.05, 0) is 25.2 Å². The molecular weight excluding hydrogens is 339 g/mol. The van der Waals surface area contributed by atoms with Crippen molar-refractivity contribution in [1.29, 1.82) is 5.41 Å². The first kappa shape index (κ1) is 20.6. The lowest BCUT2D eigenvalue weighted by Crippen LogP contribution is -2.35. The molecule has 2 N–H and O–H groups in total. The number of halogens is 3. The number of aromatic nitrogens is 2. The number of hydrogen-bond donors (Lipinski definition) is 2. The van der Waals surface area contributed by atoms with E-state index in [9.17, 15) is 18.0 Å². The van der Waals surface area contributed by atoms with Gasteiger partial charge in [0.25, 0.3) is 5.91 Å². The Kier molecular flexibility index (Phi) is 7.49. The van der Waals surface area contributed by atoms with Crippen LogP contribution in [0.5, 0.6) is 0 Å². The minimum atomic E-state index is -4.77. The van der Waals surface area contributed by atoms with Gasteiger partial charge < -0.3 is 14.7 Å². The van der Waals surface area contributed by atoms with Crippen LogP contribution in [0.4, 0.5) is 13.2 Å².